The SMILES string of the molecule is CC(C)OC(=O)c1c(NC(=O)COC(=O)c2ccc(-n3cnnn3)cc2)sc2c1CC[C@H](C)C2. The lowest BCUT2D eigenvalue weighted by Gasteiger charge is -2.18. The molecule has 0 saturated carbocycles. The maximum absolute atomic E-state index is 12.8. The largest absolute Gasteiger partial charge is 0.459 e. The Morgan fingerprint density at radius 1 is 1.21 bits per heavy atom. The normalized spacial score (nSPS) is 15.0. The van der Waals surface area contributed by atoms with Crippen LogP contribution < -0.4 is 5.32 Å². The van der Waals surface area contributed by atoms with E-state index in [0.717, 1.165) is 29.7 Å². The van der Waals surface area contributed by atoms with Gasteiger partial charge >= 0.3 is 11.9 Å². The molecule has 11 heteroatoms. The molecule has 34 heavy (non-hydrogen) atoms. The third-order valence-electron chi connectivity index (χ3n) is 5.36. The summed E-state index contributed by atoms with van der Waals surface area (Å²) in [5.41, 5.74) is 2.32. The first kappa shape index (κ1) is 23.6. The third kappa shape index (κ3) is 5.30. The van der Waals surface area contributed by atoms with Crippen molar-refractivity contribution in [1.82, 2.24) is 20.2 Å². The number of esters is 2. The Morgan fingerprint density at radius 2 is 1.97 bits per heavy atom. The van der Waals surface area contributed by atoms with Gasteiger partial charge in [0.1, 0.15) is 11.3 Å². The zero-order valence-corrected chi connectivity index (χ0v) is 19.9. The number of tetrazole rings is 1. The Bertz CT molecular complexity index is 1190. The number of thiophene rings is 1. The van der Waals surface area contributed by atoms with Crippen LogP contribution in [0.25, 0.3) is 5.69 Å². The van der Waals surface area contributed by atoms with Gasteiger partial charge in [0.2, 0.25) is 0 Å². The summed E-state index contributed by atoms with van der Waals surface area (Å²) in [6, 6.07) is 6.45. The molecular weight excluding hydrogens is 458 g/mol. The highest BCUT2D eigenvalue weighted by molar-refractivity contribution is 7.17. The number of carbonyl (C=O) groups excluding carboxylic acids is 3. The number of hydrogen-bond donors (Lipinski definition) is 1. The molecule has 1 atom stereocenters. The number of fused-ring (bicyclic) bond motifs is 1. The van der Waals surface area contributed by atoms with Crippen molar-refractivity contribution in [2.75, 3.05) is 11.9 Å². The quantitative estimate of drug-likeness (QED) is 0.508. The predicted octanol–water partition coefficient (Wildman–Crippen LogP) is 3.21. The average molecular weight is 484 g/mol. The van der Waals surface area contributed by atoms with Gasteiger partial charge in [-0.15, -0.1) is 16.4 Å². The van der Waals surface area contributed by atoms with E-state index in [1.54, 1.807) is 38.1 Å². The van der Waals surface area contributed by atoms with Crippen molar-refractivity contribution >= 4 is 34.2 Å². The van der Waals surface area contributed by atoms with Gasteiger partial charge in [0.25, 0.3) is 5.91 Å². The maximum atomic E-state index is 12.8. The number of anilines is 1. The van der Waals surface area contributed by atoms with Gasteiger partial charge in [-0.05, 0) is 79.3 Å². The molecule has 0 aliphatic heterocycles. The van der Waals surface area contributed by atoms with Crippen molar-refractivity contribution in [3.63, 3.8) is 0 Å². The van der Waals surface area contributed by atoms with Gasteiger partial charge in [0, 0.05) is 4.88 Å². The van der Waals surface area contributed by atoms with E-state index < -0.39 is 24.5 Å². The van der Waals surface area contributed by atoms with Gasteiger partial charge in [-0.1, -0.05) is 6.92 Å². The highest BCUT2D eigenvalue weighted by Crippen LogP contribution is 2.40. The highest BCUT2D eigenvalue weighted by Gasteiger charge is 2.29. The van der Waals surface area contributed by atoms with E-state index in [0.29, 0.717) is 22.2 Å². The Hall–Kier alpha value is -3.60. The fourth-order valence-corrected chi connectivity index (χ4v) is 5.15. The van der Waals surface area contributed by atoms with Crippen LogP contribution in [0.5, 0.6) is 0 Å². The minimum Gasteiger partial charge on any atom is -0.459 e. The van der Waals surface area contributed by atoms with E-state index in [1.807, 2.05) is 0 Å². The molecule has 4 rings (SSSR count). The number of benzene rings is 1. The monoisotopic (exact) mass is 483 g/mol. The first-order valence-corrected chi connectivity index (χ1v) is 11.8. The summed E-state index contributed by atoms with van der Waals surface area (Å²) in [4.78, 5) is 38.8. The zero-order valence-electron chi connectivity index (χ0n) is 19.1. The Kier molecular flexibility index (Phi) is 7.01. The number of nitrogens with zero attached hydrogens (tertiary/aromatic N) is 4. The number of hydrogen-bond acceptors (Lipinski definition) is 9. The van der Waals surface area contributed by atoms with Gasteiger partial charge in [0.05, 0.1) is 22.9 Å². The van der Waals surface area contributed by atoms with Crippen LogP contribution in [0.2, 0.25) is 0 Å². The Balaban J connectivity index is 1.41. The molecule has 0 fully saturated rings. The topological polar surface area (TPSA) is 125 Å². The van der Waals surface area contributed by atoms with Crippen LogP contribution >= 0.6 is 11.3 Å². The molecule has 3 aromatic rings. The second-order valence-corrected chi connectivity index (χ2v) is 9.54. The predicted molar refractivity (Wildman–Crippen MR) is 124 cm³/mol. The molecule has 0 saturated heterocycles. The standard InChI is InChI=1S/C23H25N5O5S/c1-13(2)33-23(31)20-17-9-4-14(3)10-18(17)34-21(20)25-19(29)11-32-22(30)15-5-7-16(8-6-15)28-12-24-26-27-28/h5-8,12-14H,4,9-11H2,1-3H3,(H,25,29)/t14-/m0/s1. The summed E-state index contributed by atoms with van der Waals surface area (Å²) >= 11 is 1.39. The van der Waals surface area contributed by atoms with Crippen molar-refractivity contribution in [2.45, 2.75) is 46.1 Å². The molecule has 1 aliphatic carbocycles. The number of carbonyl (C=O) groups is 3. The van der Waals surface area contributed by atoms with Crippen molar-refractivity contribution in [2.24, 2.45) is 5.92 Å². The first-order chi connectivity index (χ1) is 16.3. The van der Waals surface area contributed by atoms with Crippen molar-refractivity contribution in [3.05, 3.63) is 52.2 Å². The Labute approximate surface area is 200 Å². The highest BCUT2D eigenvalue weighted by atomic mass is 32.1. The van der Waals surface area contributed by atoms with Crippen molar-refractivity contribution < 1.29 is 23.9 Å². The van der Waals surface area contributed by atoms with Crippen LogP contribution in [0, 0.1) is 5.92 Å². The first-order valence-electron chi connectivity index (χ1n) is 11.0. The van der Waals surface area contributed by atoms with Gasteiger partial charge < -0.3 is 14.8 Å². The van der Waals surface area contributed by atoms with Gasteiger partial charge in [0.15, 0.2) is 6.61 Å². The third-order valence-corrected chi connectivity index (χ3v) is 6.53. The van der Waals surface area contributed by atoms with Crippen LogP contribution in [0.3, 0.4) is 0 Å². The molecule has 1 aliphatic rings. The minimum atomic E-state index is -0.642. The molecule has 1 aromatic carbocycles. The summed E-state index contributed by atoms with van der Waals surface area (Å²) in [5, 5.41) is 14.1. The van der Waals surface area contributed by atoms with E-state index >= 15 is 0 Å². The van der Waals surface area contributed by atoms with E-state index in [9.17, 15) is 14.4 Å². The molecule has 1 amide bonds. The second-order valence-electron chi connectivity index (χ2n) is 8.44. The summed E-state index contributed by atoms with van der Waals surface area (Å²) in [5.74, 6) is -1.10. The van der Waals surface area contributed by atoms with Crippen molar-refractivity contribution in [3.8, 4) is 5.69 Å². The molecule has 0 radical (unpaired) electrons. The van der Waals surface area contributed by atoms with Crippen molar-refractivity contribution in [1.29, 1.82) is 0 Å². The van der Waals surface area contributed by atoms with Gasteiger partial charge in [-0.3, -0.25) is 4.79 Å². The number of aromatic nitrogens is 4. The van der Waals surface area contributed by atoms with Gasteiger partial charge in [-0.2, -0.15) is 0 Å². The Morgan fingerprint density at radius 3 is 2.65 bits per heavy atom. The summed E-state index contributed by atoms with van der Waals surface area (Å²) in [7, 11) is 0. The molecule has 10 nitrogen and oxygen atoms in total. The van der Waals surface area contributed by atoms with E-state index in [2.05, 4.69) is 27.8 Å². The molecule has 0 unspecified atom stereocenters. The maximum Gasteiger partial charge on any atom is 0.341 e. The molecule has 2 heterocycles. The van der Waals surface area contributed by atoms with Crippen LogP contribution in [-0.2, 0) is 27.1 Å². The average Bonchev–Trinajstić information content (AvgIpc) is 3.45. The van der Waals surface area contributed by atoms with Gasteiger partial charge in [-0.25, -0.2) is 14.3 Å². The smallest absolute Gasteiger partial charge is 0.341 e. The molecule has 178 valence electrons. The lowest BCUT2D eigenvalue weighted by Crippen LogP contribution is -2.22. The van der Waals surface area contributed by atoms with Crippen LogP contribution in [0.4, 0.5) is 5.00 Å². The number of nitrogens with one attached hydrogen (secondary N) is 1. The number of ether oxygens (including phenoxy) is 2. The summed E-state index contributed by atoms with van der Waals surface area (Å²) in [6.07, 6.45) is 3.76. The fraction of sp³-hybridized carbons (Fsp3) is 0.391. The molecule has 2 aromatic heterocycles. The molecule has 1 N–H and O–H groups in total. The lowest BCUT2D eigenvalue weighted by molar-refractivity contribution is -0.119. The zero-order chi connectivity index (χ0) is 24.2. The molecule has 0 bridgehead atoms. The number of rotatable bonds is 7. The molecular formula is C23H25N5O5S. The van der Waals surface area contributed by atoms with E-state index in [-0.39, 0.29) is 11.7 Å². The summed E-state index contributed by atoms with van der Waals surface area (Å²) < 4.78 is 12.0. The van der Waals surface area contributed by atoms with Crippen LogP contribution in [0.1, 0.15) is 58.3 Å². The van der Waals surface area contributed by atoms with Crippen LogP contribution in [0.15, 0.2) is 30.6 Å². The number of amides is 1. The summed E-state index contributed by atoms with van der Waals surface area (Å²) in [6.45, 7) is 5.25. The lowest BCUT2D eigenvalue weighted by atomic mass is 9.88. The van der Waals surface area contributed by atoms with E-state index in [1.165, 1.54) is 22.3 Å². The minimum absolute atomic E-state index is 0.276. The molecule has 0 spiro atoms. The second kappa shape index (κ2) is 10.1. The fourth-order valence-electron chi connectivity index (χ4n) is 3.73. The van der Waals surface area contributed by atoms with E-state index in [4.69, 9.17) is 9.47 Å². The van der Waals surface area contributed by atoms with Crippen LogP contribution in [-0.4, -0.2) is 50.8 Å².